The predicted octanol–water partition coefficient (Wildman–Crippen LogP) is 3.26. The highest BCUT2D eigenvalue weighted by Gasteiger charge is 2.23. The number of carbonyl (C=O) groups is 2. The zero-order chi connectivity index (χ0) is 23.0. The van der Waals surface area contributed by atoms with Gasteiger partial charge >= 0.3 is 12.1 Å². The Labute approximate surface area is 188 Å². The molecule has 0 aliphatic heterocycles. The second kappa shape index (κ2) is 11.2. The fourth-order valence-electron chi connectivity index (χ4n) is 2.61. The number of ether oxygens (including phenoxy) is 2. The lowest BCUT2D eigenvalue weighted by Crippen LogP contribution is -2.35. The molecule has 2 aromatic rings. The molecular weight excluding hydrogens is 442 g/mol. The first-order valence-electron chi connectivity index (χ1n) is 9.60. The van der Waals surface area contributed by atoms with Crippen LogP contribution in [0.15, 0.2) is 29.6 Å². The molecule has 1 heterocycles. The summed E-state index contributed by atoms with van der Waals surface area (Å²) < 4.78 is 34.1. The number of hydrogen-bond donors (Lipinski definition) is 2. The Morgan fingerprint density at radius 1 is 1.26 bits per heavy atom. The summed E-state index contributed by atoms with van der Waals surface area (Å²) in [5, 5.41) is 5.21. The van der Waals surface area contributed by atoms with Crippen molar-refractivity contribution in [2.24, 2.45) is 0 Å². The number of carbonyl (C=O) groups excluding carboxylic acids is 2. The van der Waals surface area contributed by atoms with Gasteiger partial charge in [0.15, 0.2) is 0 Å². The first-order chi connectivity index (χ1) is 14.6. The van der Waals surface area contributed by atoms with E-state index in [0.717, 1.165) is 5.56 Å². The third-order valence-corrected chi connectivity index (χ3v) is 5.19. The summed E-state index contributed by atoms with van der Waals surface area (Å²) in [5.74, 6) is -0.366. The molecule has 170 valence electrons. The van der Waals surface area contributed by atoms with Crippen LogP contribution in [0.25, 0.3) is 0 Å². The molecule has 0 saturated carbocycles. The molecule has 0 aliphatic carbocycles. The Bertz CT molecular complexity index is 908. The number of benzene rings is 1. The number of aromatic nitrogens is 1. The number of amides is 1. The van der Waals surface area contributed by atoms with Gasteiger partial charge in [-0.1, -0.05) is 12.1 Å². The first-order valence-corrected chi connectivity index (χ1v) is 11.6. The van der Waals surface area contributed by atoms with Crippen LogP contribution in [0.2, 0.25) is 0 Å². The summed E-state index contributed by atoms with van der Waals surface area (Å²) in [4.78, 5) is 28.6. The summed E-state index contributed by atoms with van der Waals surface area (Å²) in [6.07, 6.45) is -0.137. The highest BCUT2D eigenvalue weighted by atomic mass is 32.2. The fraction of sp³-hybridized carbons (Fsp3) is 0.450. The average Bonchev–Trinajstić information content (AvgIpc) is 3.09. The van der Waals surface area contributed by atoms with Crippen molar-refractivity contribution < 1.29 is 27.8 Å². The van der Waals surface area contributed by atoms with E-state index in [-0.39, 0.29) is 12.4 Å². The molecule has 9 nitrogen and oxygen atoms in total. The molecule has 1 amide bonds. The van der Waals surface area contributed by atoms with E-state index in [1.807, 2.05) is 0 Å². The minimum absolute atomic E-state index is 0.0518. The molecular formula is C20H26N3O6S2-. The van der Waals surface area contributed by atoms with Gasteiger partial charge in [-0.15, -0.1) is 11.3 Å². The molecule has 11 heteroatoms. The van der Waals surface area contributed by atoms with Crippen LogP contribution in [0, 0.1) is 0 Å². The van der Waals surface area contributed by atoms with Crippen LogP contribution in [-0.4, -0.2) is 38.0 Å². The van der Waals surface area contributed by atoms with E-state index < -0.39 is 29.0 Å². The van der Waals surface area contributed by atoms with Gasteiger partial charge in [-0.2, -0.15) is 0 Å². The molecule has 31 heavy (non-hydrogen) atoms. The van der Waals surface area contributed by atoms with Crippen molar-refractivity contribution in [3.05, 3.63) is 45.9 Å². The van der Waals surface area contributed by atoms with Gasteiger partial charge in [0.05, 0.1) is 24.8 Å². The van der Waals surface area contributed by atoms with Crippen LogP contribution in [0.3, 0.4) is 0 Å². The average molecular weight is 469 g/mol. The molecule has 2 atom stereocenters. The SMILES string of the molecule is CCOC(=O)Cc1csc([C@H](Cc2ccc(NS(=O)[O-])cc2)NC(=O)OC(C)(C)C)n1. The maximum Gasteiger partial charge on any atom is 0.408 e. The Morgan fingerprint density at radius 2 is 1.94 bits per heavy atom. The molecule has 0 bridgehead atoms. The van der Waals surface area contributed by atoms with Crippen LogP contribution in [0.4, 0.5) is 10.5 Å². The Hall–Kier alpha value is -2.50. The minimum atomic E-state index is -2.40. The molecule has 0 saturated heterocycles. The van der Waals surface area contributed by atoms with Crippen molar-refractivity contribution in [1.29, 1.82) is 0 Å². The van der Waals surface area contributed by atoms with Crippen LogP contribution < -0.4 is 10.0 Å². The van der Waals surface area contributed by atoms with Crippen LogP contribution in [0.1, 0.15) is 50.0 Å². The van der Waals surface area contributed by atoms with Crippen LogP contribution in [0.5, 0.6) is 0 Å². The number of alkyl carbamates (subject to hydrolysis) is 1. The Kier molecular flexibility index (Phi) is 8.96. The largest absolute Gasteiger partial charge is 0.755 e. The number of hydrogen-bond acceptors (Lipinski definition) is 8. The van der Waals surface area contributed by atoms with E-state index in [2.05, 4.69) is 15.0 Å². The summed E-state index contributed by atoms with van der Waals surface area (Å²) in [6, 6.07) is 6.27. The highest BCUT2D eigenvalue weighted by Crippen LogP contribution is 2.24. The number of anilines is 1. The lowest BCUT2D eigenvalue weighted by Gasteiger charge is -2.23. The van der Waals surface area contributed by atoms with Gasteiger partial charge in [0.25, 0.3) is 0 Å². The molecule has 1 unspecified atom stereocenters. The van der Waals surface area contributed by atoms with E-state index >= 15 is 0 Å². The molecule has 0 spiro atoms. The fourth-order valence-corrected chi connectivity index (χ4v) is 3.81. The standard InChI is InChI=1S/C20H27N3O6S2/c1-5-28-17(24)11-15-12-30-18(21-15)16(22-19(25)29-20(2,3)4)10-13-6-8-14(9-7-13)23-31(26)27/h6-9,12,16,23H,5,10-11H2,1-4H3,(H,22,25)(H,26,27)/p-1/t16-/m0/s1. The highest BCUT2D eigenvalue weighted by molar-refractivity contribution is 7.80. The van der Waals surface area contributed by atoms with E-state index in [1.54, 1.807) is 57.3 Å². The lowest BCUT2D eigenvalue weighted by molar-refractivity contribution is -0.142. The molecule has 0 aliphatic rings. The predicted molar refractivity (Wildman–Crippen MR) is 117 cm³/mol. The topological polar surface area (TPSA) is 130 Å². The van der Waals surface area contributed by atoms with Crippen molar-refractivity contribution >= 4 is 40.4 Å². The molecule has 2 N–H and O–H groups in total. The molecule has 1 aromatic carbocycles. The van der Waals surface area contributed by atoms with Gasteiger partial charge < -0.3 is 24.1 Å². The van der Waals surface area contributed by atoms with Gasteiger partial charge in [0.2, 0.25) is 0 Å². The summed E-state index contributed by atoms with van der Waals surface area (Å²) in [7, 11) is 0. The third kappa shape index (κ3) is 9.03. The van der Waals surface area contributed by atoms with Gasteiger partial charge in [-0.05, 0) is 51.8 Å². The van der Waals surface area contributed by atoms with E-state index in [4.69, 9.17) is 9.47 Å². The quantitative estimate of drug-likeness (QED) is 0.427. The van der Waals surface area contributed by atoms with Gasteiger partial charge in [-0.25, -0.2) is 9.78 Å². The summed E-state index contributed by atoms with van der Waals surface area (Å²) in [5.41, 5.74) is 1.19. The lowest BCUT2D eigenvalue weighted by atomic mass is 10.1. The third-order valence-electron chi connectivity index (χ3n) is 3.78. The van der Waals surface area contributed by atoms with Crippen molar-refractivity contribution in [3.8, 4) is 0 Å². The number of rotatable bonds is 9. The minimum Gasteiger partial charge on any atom is -0.755 e. The van der Waals surface area contributed by atoms with Crippen LogP contribution >= 0.6 is 11.3 Å². The van der Waals surface area contributed by atoms with Crippen molar-refractivity contribution in [2.75, 3.05) is 11.3 Å². The second-order valence-electron chi connectivity index (χ2n) is 7.60. The van der Waals surface area contributed by atoms with Gasteiger partial charge in [0.1, 0.15) is 10.6 Å². The summed E-state index contributed by atoms with van der Waals surface area (Å²) in [6.45, 7) is 7.35. The van der Waals surface area contributed by atoms with Crippen molar-refractivity contribution in [3.63, 3.8) is 0 Å². The van der Waals surface area contributed by atoms with Crippen molar-refractivity contribution in [2.45, 2.75) is 52.2 Å². The molecule has 2 rings (SSSR count). The Morgan fingerprint density at radius 3 is 2.52 bits per heavy atom. The van der Waals surface area contributed by atoms with E-state index in [1.165, 1.54) is 11.3 Å². The summed E-state index contributed by atoms with van der Waals surface area (Å²) >= 11 is -1.08. The van der Waals surface area contributed by atoms with E-state index in [0.29, 0.717) is 29.4 Å². The monoisotopic (exact) mass is 468 g/mol. The number of nitrogens with zero attached hydrogens (tertiary/aromatic N) is 1. The van der Waals surface area contributed by atoms with Crippen LogP contribution in [-0.2, 0) is 38.4 Å². The smallest absolute Gasteiger partial charge is 0.408 e. The van der Waals surface area contributed by atoms with Crippen molar-refractivity contribution in [1.82, 2.24) is 10.3 Å². The maximum atomic E-state index is 12.4. The number of nitrogens with one attached hydrogen (secondary N) is 2. The second-order valence-corrected chi connectivity index (χ2v) is 9.16. The zero-order valence-corrected chi connectivity index (χ0v) is 19.4. The van der Waals surface area contributed by atoms with E-state index in [9.17, 15) is 18.4 Å². The normalized spacial score (nSPS) is 13.2. The molecule has 1 aromatic heterocycles. The number of esters is 1. The first kappa shape index (κ1) is 24.8. The number of thiazole rings is 1. The Balaban J connectivity index is 2.18. The zero-order valence-electron chi connectivity index (χ0n) is 17.8. The maximum absolute atomic E-state index is 12.4. The van der Waals surface area contributed by atoms with Gasteiger partial charge in [-0.3, -0.25) is 9.00 Å². The molecule has 0 radical (unpaired) electrons. The van der Waals surface area contributed by atoms with Gasteiger partial charge in [0, 0.05) is 22.3 Å². The molecule has 0 fully saturated rings.